The molecule has 1 aromatic rings. The van der Waals surface area contributed by atoms with Crippen LogP contribution in [0.15, 0.2) is 24.3 Å². The van der Waals surface area contributed by atoms with E-state index in [0.29, 0.717) is 11.6 Å². The molecule has 0 bridgehead atoms. The first kappa shape index (κ1) is 13.0. The first-order chi connectivity index (χ1) is 7.63. The summed E-state index contributed by atoms with van der Waals surface area (Å²) in [5, 5.41) is 3.35. The van der Waals surface area contributed by atoms with Crippen LogP contribution < -0.4 is 11.1 Å². The van der Waals surface area contributed by atoms with Gasteiger partial charge in [-0.25, -0.2) is 0 Å². The maximum absolute atomic E-state index is 11.4. The van der Waals surface area contributed by atoms with Crippen molar-refractivity contribution in [3.05, 3.63) is 34.9 Å². The van der Waals surface area contributed by atoms with Gasteiger partial charge in [0.25, 0.3) is 0 Å². The third-order valence-corrected chi connectivity index (χ3v) is 2.27. The number of carbonyl (C=O) groups is 1. The minimum absolute atomic E-state index is 0.210. The van der Waals surface area contributed by atoms with Crippen LogP contribution in [0, 0.1) is 0 Å². The van der Waals surface area contributed by atoms with E-state index in [1.165, 1.54) is 7.11 Å². The van der Waals surface area contributed by atoms with Crippen molar-refractivity contribution in [2.75, 3.05) is 13.7 Å². The zero-order chi connectivity index (χ0) is 12.0. The smallest absolute Gasteiger partial charge is 0.239 e. The molecule has 1 unspecified atom stereocenters. The van der Waals surface area contributed by atoms with E-state index in [1.54, 1.807) is 12.1 Å². The van der Waals surface area contributed by atoms with Crippen LogP contribution in [0.2, 0.25) is 5.02 Å². The molecule has 3 N–H and O–H groups in total. The maximum atomic E-state index is 11.4. The predicted octanol–water partition coefficient (Wildman–Crippen LogP) is 0.930. The van der Waals surface area contributed by atoms with Gasteiger partial charge in [-0.3, -0.25) is 4.79 Å². The number of nitrogens with one attached hydrogen (secondary N) is 1. The Kier molecular flexibility index (Phi) is 5.25. The highest BCUT2D eigenvalue weighted by atomic mass is 35.5. The van der Waals surface area contributed by atoms with Gasteiger partial charge in [0, 0.05) is 18.7 Å². The number of hydrogen-bond donors (Lipinski definition) is 2. The van der Waals surface area contributed by atoms with Crippen molar-refractivity contribution < 1.29 is 9.53 Å². The van der Waals surface area contributed by atoms with Gasteiger partial charge in [-0.15, -0.1) is 0 Å². The van der Waals surface area contributed by atoms with Gasteiger partial charge >= 0.3 is 0 Å². The highest BCUT2D eigenvalue weighted by Crippen LogP contribution is 2.10. The van der Waals surface area contributed by atoms with Gasteiger partial charge in [0.05, 0.1) is 6.61 Å². The number of halogens is 1. The molecule has 5 heteroatoms. The fourth-order valence-corrected chi connectivity index (χ4v) is 1.44. The lowest BCUT2D eigenvalue weighted by Crippen LogP contribution is -2.43. The zero-order valence-corrected chi connectivity index (χ0v) is 9.83. The zero-order valence-electron chi connectivity index (χ0n) is 9.07. The van der Waals surface area contributed by atoms with Crippen LogP contribution in [0.4, 0.5) is 0 Å². The monoisotopic (exact) mass is 242 g/mol. The number of hydrogen-bond acceptors (Lipinski definition) is 3. The molecule has 1 atom stereocenters. The number of nitrogens with two attached hydrogens (primary N) is 1. The first-order valence-corrected chi connectivity index (χ1v) is 5.28. The van der Waals surface area contributed by atoms with E-state index in [4.69, 9.17) is 22.1 Å². The molecular weight excluding hydrogens is 228 g/mol. The predicted molar refractivity (Wildman–Crippen MR) is 63.2 cm³/mol. The molecular formula is C11H15ClN2O2. The fraction of sp³-hybridized carbons (Fsp3) is 0.364. The summed E-state index contributed by atoms with van der Waals surface area (Å²) in [5.41, 5.74) is 6.49. The van der Waals surface area contributed by atoms with E-state index in [1.807, 2.05) is 12.1 Å². The van der Waals surface area contributed by atoms with Crippen LogP contribution >= 0.6 is 11.6 Å². The minimum Gasteiger partial charge on any atom is -0.383 e. The number of amides is 1. The summed E-state index contributed by atoms with van der Waals surface area (Å²) in [6.07, 6.45) is 0. The third kappa shape index (κ3) is 4.18. The second kappa shape index (κ2) is 6.48. The minimum atomic E-state index is -0.635. The number of carbonyl (C=O) groups excluding carboxylic acids is 1. The molecule has 0 aromatic heterocycles. The molecule has 0 saturated heterocycles. The van der Waals surface area contributed by atoms with Crippen molar-refractivity contribution >= 4 is 17.5 Å². The molecule has 0 aliphatic rings. The highest BCUT2D eigenvalue weighted by Gasteiger charge is 2.11. The van der Waals surface area contributed by atoms with E-state index in [9.17, 15) is 4.79 Å². The van der Waals surface area contributed by atoms with Crippen LogP contribution in [0.1, 0.15) is 5.56 Å². The van der Waals surface area contributed by atoms with Crippen molar-refractivity contribution in [2.45, 2.75) is 12.6 Å². The molecule has 1 rings (SSSR count). The average molecular weight is 243 g/mol. The van der Waals surface area contributed by atoms with Crippen LogP contribution in [0.3, 0.4) is 0 Å². The van der Waals surface area contributed by atoms with E-state index >= 15 is 0 Å². The molecule has 4 nitrogen and oxygen atoms in total. The number of rotatable bonds is 5. The molecule has 0 fully saturated rings. The van der Waals surface area contributed by atoms with Crippen molar-refractivity contribution in [3.63, 3.8) is 0 Å². The molecule has 1 amide bonds. The molecule has 0 heterocycles. The summed E-state index contributed by atoms with van der Waals surface area (Å²) in [5.74, 6) is -0.234. The van der Waals surface area contributed by atoms with Crippen LogP contribution in [-0.4, -0.2) is 25.7 Å². The maximum Gasteiger partial charge on any atom is 0.239 e. The first-order valence-electron chi connectivity index (χ1n) is 4.90. The summed E-state index contributed by atoms with van der Waals surface area (Å²) < 4.78 is 4.79. The Morgan fingerprint density at radius 2 is 2.38 bits per heavy atom. The average Bonchev–Trinajstić information content (AvgIpc) is 2.26. The third-order valence-electron chi connectivity index (χ3n) is 2.04. The van der Waals surface area contributed by atoms with E-state index in [2.05, 4.69) is 5.32 Å². The Bertz CT molecular complexity index is 358. The molecule has 0 aliphatic carbocycles. The Hall–Kier alpha value is -1.10. The Morgan fingerprint density at radius 3 is 3.00 bits per heavy atom. The highest BCUT2D eigenvalue weighted by molar-refractivity contribution is 6.30. The number of methoxy groups -OCH3 is 1. The molecule has 0 spiro atoms. The summed E-state index contributed by atoms with van der Waals surface area (Å²) in [6.45, 7) is 0.623. The summed E-state index contributed by atoms with van der Waals surface area (Å²) >= 11 is 5.82. The molecule has 0 aliphatic heterocycles. The van der Waals surface area contributed by atoms with Gasteiger partial charge in [0.1, 0.15) is 6.04 Å². The van der Waals surface area contributed by atoms with E-state index in [-0.39, 0.29) is 12.5 Å². The Balaban J connectivity index is 2.42. The topological polar surface area (TPSA) is 64.3 Å². The van der Waals surface area contributed by atoms with Crippen molar-refractivity contribution in [1.29, 1.82) is 0 Å². The molecule has 88 valence electrons. The van der Waals surface area contributed by atoms with Gasteiger partial charge in [-0.05, 0) is 17.7 Å². The van der Waals surface area contributed by atoms with Crippen LogP contribution in [0.25, 0.3) is 0 Å². The van der Waals surface area contributed by atoms with E-state index in [0.717, 1.165) is 5.56 Å². The van der Waals surface area contributed by atoms with E-state index < -0.39 is 6.04 Å². The van der Waals surface area contributed by atoms with Gasteiger partial charge in [-0.1, -0.05) is 23.7 Å². The molecule has 16 heavy (non-hydrogen) atoms. The Morgan fingerprint density at radius 1 is 1.62 bits per heavy atom. The van der Waals surface area contributed by atoms with Gasteiger partial charge < -0.3 is 15.8 Å². The Labute approximate surface area is 99.7 Å². The molecule has 0 radical (unpaired) electrons. The van der Waals surface area contributed by atoms with Crippen LogP contribution in [-0.2, 0) is 16.1 Å². The lowest BCUT2D eigenvalue weighted by molar-refractivity contribution is -0.123. The molecule has 1 aromatic carbocycles. The van der Waals surface area contributed by atoms with Crippen LogP contribution in [0.5, 0.6) is 0 Å². The summed E-state index contributed by atoms with van der Waals surface area (Å²) in [4.78, 5) is 11.4. The van der Waals surface area contributed by atoms with Crippen molar-refractivity contribution in [1.82, 2.24) is 5.32 Å². The lowest BCUT2D eigenvalue weighted by atomic mass is 10.2. The van der Waals surface area contributed by atoms with Crippen molar-refractivity contribution in [2.24, 2.45) is 5.73 Å². The lowest BCUT2D eigenvalue weighted by Gasteiger charge is -2.11. The van der Waals surface area contributed by atoms with Crippen molar-refractivity contribution in [3.8, 4) is 0 Å². The number of ether oxygens (including phenoxy) is 1. The van der Waals surface area contributed by atoms with Gasteiger partial charge in [0.15, 0.2) is 0 Å². The summed E-state index contributed by atoms with van der Waals surface area (Å²) in [7, 11) is 1.50. The van der Waals surface area contributed by atoms with Gasteiger partial charge in [-0.2, -0.15) is 0 Å². The quantitative estimate of drug-likeness (QED) is 0.808. The largest absolute Gasteiger partial charge is 0.383 e. The fourth-order valence-electron chi connectivity index (χ4n) is 1.22. The standard InChI is InChI=1S/C11H15ClN2O2/c1-16-7-10(13)11(15)14-6-8-3-2-4-9(12)5-8/h2-5,10H,6-7,13H2,1H3,(H,14,15). The second-order valence-corrected chi connectivity index (χ2v) is 3.85. The number of benzene rings is 1. The SMILES string of the molecule is COCC(N)C(=O)NCc1cccc(Cl)c1. The molecule has 0 saturated carbocycles. The van der Waals surface area contributed by atoms with Gasteiger partial charge in [0.2, 0.25) is 5.91 Å². The normalized spacial score (nSPS) is 12.2. The second-order valence-electron chi connectivity index (χ2n) is 3.41. The summed E-state index contributed by atoms with van der Waals surface area (Å²) in [6, 6.07) is 6.66.